The van der Waals surface area contributed by atoms with E-state index in [1.54, 1.807) is 38.7 Å². The van der Waals surface area contributed by atoms with Crippen molar-refractivity contribution in [1.82, 2.24) is 4.90 Å². The minimum absolute atomic E-state index is 0.0423. The Kier molecular flexibility index (Phi) is 9.43. The molecule has 1 heterocycles. The van der Waals surface area contributed by atoms with Gasteiger partial charge in [0.25, 0.3) is 0 Å². The molecule has 1 aliphatic carbocycles. The van der Waals surface area contributed by atoms with Crippen LogP contribution in [0.5, 0.6) is 5.75 Å². The molecule has 4 atom stereocenters. The summed E-state index contributed by atoms with van der Waals surface area (Å²) in [4.78, 5) is 41.0. The highest BCUT2D eigenvalue weighted by Gasteiger charge is 2.54. The van der Waals surface area contributed by atoms with Crippen molar-refractivity contribution in [3.05, 3.63) is 58.4 Å². The predicted molar refractivity (Wildman–Crippen MR) is 166 cm³/mol. The molecule has 2 aromatic carbocycles. The Morgan fingerprint density at radius 3 is 2.41 bits per heavy atom. The highest BCUT2D eigenvalue weighted by atomic mass is 35.5. The molecule has 2 amide bonds. The van der Waals surface area contributed by atoms with Crippen molar-refractivity contribution < 1.29 is 37.0 Å². The van der Waals surface area contributed by atoms with Crippen LogP contribution < -0.4 is 10.1 Å². The van der Waals surface area contributed by atoms with Gasteiger partial charge in [-0.05, 0) is 81.7 Å². The number of carbonyl (C=O) groups excluding carboxylic acids is 2. The Bertz CT molecular complexity index is 1570. The number of nitrogens with zero attached hydrogens (tertiary/aromatic N) is 1. The molecule has 0 aromatic heterocycles. The standard InChI is InChI=1S/C32H40ClFN2O7S/c1-18-15-32(5,16-27(37)35-21-10-11-22(29(38)39)26(14-21)43-6)30(40)36(28(18)20-9-12-23(33)24(34)13-20)25(19-7-8-19)17-44(41,42)31(2,3)4/h9-14,18-19,25,28H,7-8,15-17H2,1-6H3,(H,35,37)(H,38,39)/t18-,25+,28-,32+/m0/s1. The van der Waals surface area contributed by atoms with E-state index in [1.807, 2.05) is 6.92 Å². The minimum atomic E-state index is -3.65. The number of anilines is 1. The number of nitrogens with one attached hydrogen (secondary N) is 1. The summed E-state index contributed by atoms with van der Waals surface area (Å²) in [6.07, 6.45) is 1.60. The fourth-order valence-corrected chi connectivity index (χ4v) is 7.72. The van der Waals surface area contributed by atoms with E-state index in [1.165, 1.54) is 37.4 Å². The zero-order valence-corrected chi connectivity index (χ0v) is 27.4. The van der Waals surface area contributed by atoms with Crippen molar-refractivity contribution in [2.75, 3.05) is 18.2 Å². The number of rotatable bonds is 10. The molecule has 2 aliphatic rings. The lowest BCUT2D eigenvalue weighted by atomic mass is 9.69. The van der Waals surface area contributed by atoms with Crippen molar-refractivity contribution in [3.8, 4) is 5.75 Å². The van der Waals surface area contributed by atoms with Crippen molar-refractivity contribution in [3.63, 3.8) is 0 Å². The SMILES string of the molecule is COc1cc(NC(=O)C[C@@]2(C)C[C@H](C)[C@@H](c3ccc(Cl)c(F)c3)N([C@H](CS(=O)(=O)C(C)(C)C)C3CC3)C2=O)ccc1C(=O)O. The van der Waals surface area contributed by atoms with Gasteiger partial charge in [0.05, 0.1) is 34.1 Å². The van der Waals surface area contributed by atoms with Crippen molar-refractivity contribution in [1.29, 1.82) is 0 Å². The Hall–Kier alpha value is -3.18. The van der Waals surface area contributed by atoms with Gasteiger partial charge in [-0.2, -0.15) is 0 Å². The van der Waals surface area contributed by atoms with Crippen molar-refractivity contribution in [2.45, 2.75) is 77.1 Å². The summed E-state index contributed by atoms with van der Waals surface area (Å²) in [5.41, 5.74) is -0.446. The van der Waals surface area contributed by atoms with Crippen LogP contribution >= 0.6 is 11.6 Å². The molecule has 44 heavy (non-hydrogen) atoms. The van der Waals surface area contributed by atoms with E-state index in [-0.39, 0.29) is 52.7 Å². The van der Waals surface area contributed by atoms with E-state index in [9.17, 15) is 32.3 Å². The second-order valence-corrected chi connectivity index (χ2v) is 16.5. The van der Waals surface area contributed by atoms with Gasteiger partial charge in [0.2, 0.25) is 11.8 Å². The summed E-state index contributed by atoms with van der Waals surface area (Å²) >= 11 is 5.98. The number of piperidine rings is 1. The number of sulfone groups is 1. The average molecular weight is 651 g/mol. The van der Waals surface area contributed by atoms with Crippen LogP contribution in [-0.2, 0) is 19.4 Å². The third kappa shape index (κ3) is 6.88. The van der Waals surface area contributed by atoms with Gasteiger partial charge >= 0.3 is 5.97 Å². The number of carboxylic acids is 1. The average Bonchev–Trinajstić information content (AvgIpc) is 3.75. The second kappa shape index (κ2) is 12.3. The fraction of sp³-hybridized carbons (Fsp3) is 0.531. The van der Waals surface area contributed by atoms with E-state index < -0.39 is 49.8 Å². The zero-order chi connectivity index (χ0) is 32.8. The smallest absolute Gasteiger partial charge is 0.339 e. The molecule has 0 radical (unpaired) electrons. The largest absolute Gasteiger partial charge is 0.496 e. The highest BCUT2D eigenvalue weighted by molar-refractivity contribution is 7.92. The Labute approximate surface area is 263 Å². The monoisotopic (exact) mass is 650 g/mol. The van der Waals surface area contributed by atoms with Crippen LogP contribution in [0.1, 0.15) is 82.3 Å². The Morgan fingerprint density at radius 2 is 1.86 bits per heavy atom. The summed E-state index contributed by atoms with van der Waals surface area (Å²) in [7, 11) is -2.33. The first-order valence-electron chi connectivity index (χ1n) is 14.6. The van der Waals surface area contributed by atoms with E-state index in [0.717, 1.165) is 12.8 Å². The number of hydrogen-bond acceptors (Lipinski definition) is 6. The molecule has 12 heteroatoms. The molecule has 2 fully saturated rings. The lowest BCUT2D eigenvalue weighted by Gasteiger charge is -2.51. The van der Waals surface area contributed by atoms with Crippen LogP contribution in [0.15, 0.2) is 36.4 Å². The first-order chi connectivity index (χ1) is 20.4. The summed E-state index contributed by atoms with van der Waals surface area (Å²) in [5.74, 6) is -3.14. The highest BCUT2D eigenvalue weighted by Crippen LogP contribution is 2.51. The van der Waals surface area contributed by atoms with Gasteiger partial charge in [-0.25, -0.2) is 17.6 Å². The molecule has 0 bridgehead atoms. The molecule has 0 spiro atoms. The lowest BCUT2D eigenvalue weighted by molar-refractivity contribution is -0.159. The molecule has 4 rings (SSSR count). The summed E-state index contributed by atoms with van der Waals surface area (Å²) in [6.45, 7) is 8.51. The van der Waals surface area contributed by atoms with Gasteiger partial charge < -0.3 is 20.1 Å². The van der Waals surface area contributed by atoms with Gasteiger partial charge in [0, 0.05) is 24.2 Å². The van der Waals surface area contributed by atoms with Gasteiger partial charge in [-0.3, -0.25) is 9.59 Å². The zero-order valence-electron chi connectivity index (χ0n) is 25.8. The van der Waals surface area contributed by atoms with Crippen LogP contribution in [0.25, 0.3) is 0 Å². The van der Waals surface area contributed by atoms with E-state index in [0.29, 0.717) is 11.3 Å². The van der Waals surface area contributed by atoms with Gasteiger partial charge in [-0.1, -0.05) is 31.5 Å². The first-order valence-corrected chi connectivity index (χ1v) is 16.6. The minimum Gasteiger partial charge on any atom is -0.496 e. The number of benzene rings is 2. The molecule has 2 N–H and O–H groups in total. The predicted octanol–water partition coefficient (Wildman–Crippen LogP) is 6.12. The van der Waals surface area contributed by atoms with Gasteiger partial charge in [-0.15, -0.1) is 0 Å². The molecule has 2 aromatic rings. The first kappa shape index (κ1) is 33.7. The number of aromatic carboxylic acids is 1. The van der Waals surface area contributed by atoms with E-state index in [2.05, 4.69) is 5.32 Å². The van der Waals surface area contributed by atoms with Crippen LogP contribution in [0.4, 0.5) is 10.1 Å². The third-order valence-electron chi connectivity index (χ3n) is 8.76. The molecular weight excluding hydrogens is 611 g/mol. The van der Waals surface area contributed by atoms with Crippen LogP contribution in [0, 0.1) is 23.1 Å². The van der Waals surface area contributed by atoms with Crippen LogP contribution in [0.2, 0.25) is 5.02 Å². The third-order valence-corrected chi connectivity index (χ3v) is 11.7. The second-order valence-electron chi connectivity index (χ2n) is 13.3. The van der Waals surface area contributed by atoms with E-state index in [4.69, 9.17) is 16.3 Å². The molecule has 1 saturated heterocycles. The van der Waals surface area contributed by atoms with E-state index >= 15 is 0 Å². The van der Waals surface area contributed by atoms with Crippen LogP contribution in [0.3, 0.4) is 0 Å². The number of carbonyl (C=O) groups is 3. The molecule has 240 valence electrons. The number of amides is 2. The summed E-state index contributed by atoms with van der Waals surface area (Å²) in [5, 5.41) is 12.0. The van der Waals surface area contributed by atoms with Crippen LogP contribution in [-0.4, -0.2) is 59.9 Å². The molecule has 9 nitrogen and oxygen atoms in total. The maximum atomic E-state index is 14.7. The molecule has 0 unspecified atom stereocenters. The molecule has 1 aliphatic heterocycles. The normalized spacial score (nSPS) is 23.3. The number of hydrogen-bond donors (Lipinski definition) is 2. The quantitative estimate of drug-likeness (QED) is 0.317. The Balaban J connectivity index is 1.71. The number of halogens is 2. The lowest BCUT2D eigenvalue weighted by Crippen LogP contribution is -2.59. The maximum absolute atomic E-state index is 14.7. The van der Waals surface area contributed by atoms with Crippen molar-refractivity contribution in [2.24, 2.45) is 17.3 Å². The Morgan fingerprint density at radius 1 is 1.20 bits per heavy atom. The summed E-state index contributed by atoms with van der Waals surface area (Å²) < 4.78 is 45.8. The van der Waals surface area contributed by atoms with Gasteiger partial charge in [0.1, 0.15) is 17.1 Å². The molecular formula is C32H40ClFN2O7S. The number of ether oxygens (including phenoxy) is 1. The number of methoxy groups -OCH3 is 1. The van der Waals surface area contributed by atoms with Crippen molar-refractivity contribution >= 4 is 44.9 Å². The van der Waals surface area contributed by atoms with Gasteiger partial charge in [0.15, 0.2) is 9.84 Å². The molecule has 1 saturated carbocycles. The number of likely N-dealkylation sites (tertiary alicyclic amines) is 1. The summed E-state index contributed by atoms with van der Waals surface area (Å²) in [6, 6.07) is 7.27. The fourth-order valence-electron chi connectivity index (χ4n) is 6.22. The maximum Gasteiger partial charge on any atom is 0.339 e. The number of carboxylic acid groups (broad SMARTS) is 1. The topological polar surface area (TPSA) is 130 Å².